The highest BCUT2D eigenvalue weighted by molar-refractivity contribution is 7.47. The third kappa shape index (κ3) is 17.5. The maximum atomic E-state index is 12.3. The summed E-state index contributed by atoms with van der Waals surface area (Å²) >= 11 is 0. The third-order valence-electron chi connectivity index (χ3n) is 7.32. The van der Waals surface area contributed by atoms with Gasteiger partial charge in [0.15, 0.2) is 0 Å². The molecule has 0 bridgehead atoms. The molecule has 204 valence electrons. The molecule has 0 amide bonds. The number of likely N-dealkylation sites (tertiary alicyclic amines) is 1. The van der Waals surface area contributed by atoms with Crippen LogP contribution in [0.15, 0.2) is 0 Å². The lowest BCUT2D eigenvalue weighted by Gasteiger charge is -2.41. The normalized spacial score (nSPS) is 22.8. The fraction of sp³-hybridized carbons (Fsp3) is 1.00. The summed E-state index contributed by atoms with van der Waals surface area (Å²) in [6.45, 7) is 10.3. The number of nitrogens with zero attached hydrogens (tertiary/aromatic N) is 1. The number of phosphoric ester groups is 1. The average Bonchev–Trinajstić information content (AvgIpc) is 2.77. The molecule has 1 heterocycles. The van der Waals surface area contributed by atoms with Gasteiger partial charge in [-0.2, -0.15) is 0 Å². The Morgan fingerprint density at radius 2 is 1.21 bits per heavy atom. The first-order valence-corrected chi connectivity index (χ1v) is 16.2. The van der Waals surface area contributed by atoms with Crippen molar-refractivity contribution in [1.82, 2.24) is 0 Å². The summed E-state index contributed by atoms with van der Waals surface area (Å²) in [7, 11) is -1.65. The molecular weight excluding hydrogens is 445 g/mol. The van der Waals surface area contributed by atoms with Gasteiger partial charge in [0.05, 0.1) is 39.4 Å². The van der Waals surface area contributed by atoms with Gasteiger partial charge < -0.3 is 9.38 Å². The number of rotatable bonds is 22. The zero-order valence-corrected chi connectivity index (χ0v) is 24.2. The molecule has 0 saturated carbocycles. The van der Waals surface area contributed by atoms with E-state index in [1.165, 1.54) is 89.9 Å². The van der Waals surface area contributed by atoms with Crippen molar-refractivity contribution in [3.05, 3.63) is 0 Å². The van der Waals surface area contributed by atoms with Crippen molar-refractivity contribution in [1.29, 1.82) is 0 Å². The van der Waals surface area contributed by atoms with Gasteiger partial charge in [0.25, 0.3) is 0 Å². The van der Waals surface area contributed by atoms with Crippen LogP contribution in [0.25, 0.3) is 0 Å². The molecule has 0 aliphatic carbocycles. The lowest BCUT2D eigenvalue weighted by Crippen LogP contribution is -2.52. The Labute approximate surface area is 212 Å². The quantitative estimate of drug-likeness (QED) is 0.0910. The van der Waals surface area contributed by atoms with E-state index < -0.39 is 7.82 Å². The van der Waals surface area contributed by atoms with E-state index in [9.17, 15) is 9.46 Å². The van der Waals surface area contributed by atoms with Crippen LogP contribution in [0.2, 0.25) is 0 Å². The molecule has 0 aromatic rings. The Morgan fingerprint density at radius 3 is 1.62 bits per heavy atom. The van der Waals surface area contributed by atoms with Crippen LogP contribution >= 0.6 is 7.82 Å². The summed E-state index contributed by atoms with van der Waals surface area (Å²) in [6, 6.07) is 0. The molecule has 1 aliphatic rings. The van der Waals surface area contributed by atoms with E-state index in [1.807, 2.05) is 0 Å². The standard InChI is InChI=1S/C28H58NO4P/c1-5-6-7-8-9-10-11-12-13-14-15-16-17-18-19-20-25-32-34(30,31)33-28-21-23-29(4,24-22-28)26-27(2)3/h27-28H,5-26H2,1-4H3/p+1. The summed E-state index contributed by atoms with van der Waals surface area (Å²) < 4.78 is 24.1. The summed E-state index contributed by atoms with van der Waals surface area (Å²) in [5.74, 6) is 0.662. The number of hydrogen-bond donors (Lipinski definition) is 1. The number of hydrogen-bond acceptors (Lipinski definition) is 3. The lowest BCUT2D eigenvalue weighted by molar-refractivity contribution is -0.917. The summed E-state index contributed by atoms with van der Waals surface area (Å²) in [5, 5.41) is 0. The first kappa shape index (κ1) is 32.1. The van der Waals surface area contributed by atoms with Crippen molar-refractivity contribution in [2.45, 2.75) is 142 Å². The van der Waals surface area contributed by atoms with E-state index >= 15 is 0 Å². The minimum Gasteiger partial charge on any atom is -0.326 e. The Kier molecular flexibility index (Phi) is 18.1. The van der Waals surface area contributed by atoms with E-state index in [2.05, 4.69) is 27.8 Å². The van der Waals surface area contributed by atoms with Crippen LogP contribution in [0, 0.1) is 5.92 Å². The second-order valence-corrected chi connectivity index (χ2v) is 13.0. The smallest absolute Gasteiger partial charge is 0.326 e. The van der Waals surface area contributed by atoms with Crippen molar-refractivity contribution < 1.29 is 23.0 Å². The first-order valence-electron chi connectivity index (χ1n) is 14.8. The Bertz CT molecular complexity index is 521. The van der Waals surface area contributed by atoms with Gasteiger partial charge in [-0.15, -0.1) is 0 Å². The molecule has 0 aromatic carbocycles. The number of unbranched alkanes of at least 4 members (excludes halogenated alkanes) is 15. The van der Waals surface area contributed by atoms with E-state index in [0.717, 1.165) is 49.8 Å². The predicted octanol–water partition coefficient (Wildman–Crippen LogP) is 8.65. The lowest BCUT2D eigenvalue weighted by atomic mass is 10.0. The largest absolute Gasteiger partial charge is 0.472 e. The van der Waals surface area contributed by atoms with Crippen LogP contribution in [0.1, 0.15) is 136 Å². The molecule has 0 radical (unpaired) electrons. The molecule has 1 aliphatic heterocycles. The minimum atomic E-state index is -3.93. The summed E-state index contributed by atoms with van der Waals surface area (Å²) in [6.07, 6.45) is 22.6. The number of phosphoric acid groups is 1. The van der Waals surface area contributed by atoms with Crippen molar-refractivity contribution in [2.24, 2.45) is 5.92 Å². The Morgan fingerprint density at radius 1 is 0.794 bits per heavy atom. The van der Waals surface area contributed by atoms with Gasteiger partial charge in [0.1, 0.15) is 0 Å². The van der Waals surface area contributed by atoms with Crippen LogP contribution < -0.4 is 0 Å². The topological polar surface area (TPSA) is 55.8 Å². The van der Waals surface area contributed by atoms with Crippen molar-refractivity contribution >= 4 is 7.82 Å². The van der Waals surface area contributed by atoms with Gasteiger partial charge in [0, 0.05) is 18.8 Å². The average molecular weight is 505 g/mol. The highest BCUT2D eigenvalue weighted by Crippen LogP contribution is 2.46. The van der Waals surface area contributed by atoms with E-state index in [-0.39, 0.29) is 6.10 Å². The SMILES string of the molecule is CCCCCCCCCCCCCCCCCCOP(=O)(O)OC1CC[N+](C)(CC(C)C)CC1. The Balaban J connectivity index is 1.90. The maximum absolute atomic E-state index is 12.3. The molecule has 6 heteroatoms. The molecule has 1 rings (SSSR count). The monoisotopic (exact) mass is 504 g/mol. The molecule has 1 fully saturated rings. The van der Waals surface area contributed by atoms with Gasteiger partial charge in [-0.1, -0.05) is 117 Å². The van der Waals surface area contributed by atoms with Crippen LogP contribution in [0.5, 0.6) is 0 Å². The first-order chi connectivity index (χ1) is 16.3. The fourth-order valence-corrected chi connectivity index (χ4v) is 6.39. The molecule has 5 nitrogen and oxygen atoms in total. The third-order valence-corrected chi connectivity index (χ3v) is 8.40. The molecule has 0 aromatic heterocycles. The Hall–Kier alpha value is 0.0700. The van der Waals surface area contributed by atoms with E-state index in [1.54, 1.807) is 0 Å². The number of quaternary nitrogens is 1. The van der Waals surface area contributed by atoms with Gasteiger partial charge in [-0.25, -0.2) is 4.57 Å². The summed E-state index contributed by atoms with van der Waals surface area (Å²) in [5.41, 5.74) is 0. The highest BCUT2D eigenvalue weighted by atomic mass is 31.2. The second-order valence-electron chi connectivity index (χ2n) is 11.6. The maximum Gasteiger partial charge on any atom is 0.472 e. The van der Waals surface area contributed by atoms with Gasteiger partial charge in [0.2, 0.25) is 0 Å². The highest BCUT2D eigenvalue weighted by Gasteiger charge is 2.35. The van der Waals surface area contributed by atoms with Gasteiger partial charge in [-0.05, 0) is 6.42 Å². The molecule has 1 unspecified atom stereocenters. The minimum absolute atomic E-state index is 0.153. The molecule has 34 heavy (non-hydrogen) atoms. The molecule has 1 saturated heterocycles. The zero-order chi connectivity index (χ0) is 25.1. The van der Waals surface area contributed by atoms with Gasteiger partial charge in [-0.3, -0.25) is 9.05 Å². The van der Waals surface area contributed by atoms with Crippen LogP contribution in [-0.4, -0.2) is 48.8 Å². The molecule has 1 atom stereocenters. The second kappa shape index (κ2) is 19.2. The van der Waals surface area contributed by atoms with Crippen LogP contribution in [0.4, 0.5) is 0 Å². The zero-order valence-electron chi connectivity index (χ0n) is 23.3. The van der Waals surface area contributed by atoms with Crippen molar-refractivity contribution in [3.8, 4) is 0 Å². The molecule has 1 N–H and O–H groups in total. The van der Waals surface area contributed by atoms with Crippen molar-refractivity contribution in [2.75, 3.05) is 33.3 Å². The molecule has 0 spiro atoms. The number of piperidine rings is 1. The van der Waals surface area contributed by atoms with Gasteiger partial charge >= 0.3 is 7.82 Å². The van der Waals surface area contributed by atoms with Crippen LogP contribution in [-0.2, 0) is 13.6 Å². The van der Waals surface area contributed by atoms with Crippen LogP contribution in [0.3, 0.4) is 0 Å². The van der Waals surface area contributed by atoms with E-state index in [0.29, 0.717) is 12.5 Å². The predicted molar refractivity (Wildman–Crippen MR) is 145 cm³/mol. The molecular formula is C28H59NO4P+. The van der Waals surface area contributed by atoms with Crippen molar-refractivity contribution in [3.63, 3.8) is 0 Å². The summed E-state index contributed by atoms with van der Waals surface area (Å²) in [4.78, 5) is 10.1. The fourth-order valence-electron chi connectivity index (χ4n) is 5.39. The van der Waals surface area contributed by atoms with E-state index in [4.69, 9.17) is 9.05 Å².